The van der Waals surface area contributed by atoms with E-state index >= 15 is 0 Å². The van der Waals surface area contributed by atoms with E-state index in [-0.39, 0.29) is 51.8 Å². The second kappa shape index (κ2) is 16.5. The lowest BCUT2D eigenvalue weighted by molar-refractivity contribution is -0.149. The second-order valence-electron chi connectivity index (χ2n) is 7.75. The van der Waals surface area contributed by atoms with Crippen LogP contribution in [0, 0.1) is 5.82 Å². The molecule has 1 unspecified atom stereocenters. The van der Waals surface area contributed by atoms with Crippen molar-refractivity contribution in [3.8, 4) is 5.75 Å². The van der Waals surface area contributed by atoms with Crippen LogP contribution in [-0.4, -0.2) is 81.4 Å². The van der Waals surface area contributed by atoms with E-state index < -0.39 is 18.2 Å². The topological polar surface area (TPSA) is 104 Å². The monoisotopic (exact) mass is 507 g/mol. The Labute approximate surface area is 210 Å². The molecule has 0 aliphatic carbocycles. The molecule has 0 saturated carbocycles. The highest BCUT2D eigenvalue weighted by atomic mass is 19.1. The molecule has 198 valence electrons. The summed E-state index contributed by atoms with van der Waals surface area (Å²) in [6.07, 6.45) is -1.15. The van der Waals surface area contributed by atoms with E-state index in [0.717, 1.165) is 11.1 Å². The highest BCUT2D eigenvalue weighted by Crippen LogP contribution is 2.15. The summed E-state index contributed by atoms with van der Waals surface area (Å²) in [7, 11) is 1.52. The zero-order valence-electron chi connectivity index (χ0n) is 20.7. The van der Waals surface area contributed by atoms with Crippen LogP contribution in [0.3, 0.4) is 0 Å². The Morgan fingerprint density at radius 1 is 0.944 bits per heavy atom. The van der Waals surface area contributed by atoms with Crippen LogP contribution in [0.5, 0.6) is 5.75 Å². The summed E-state index contributed by atoms with van der Waals surface area (Å²) >= 11 is 0. The number of nitrogens with zero attached hydrogens (tertiary/aromatic N) is 1. The Balaban J connectivity index is 1.83. The summed E-state index contributed by atoms with van der Waals surface area (Å²) in [5.74, 6) is -0.730. The third-order valence-electron chi connectivity index (χ3n) is 5.08. The van der Waals surface area contributed by atoms with Gasteiger partial charge < -0.3 is 33.7 Å². The molecule has 2 aromatic carbocycles. The van der Waals surface area contributed by atoms with E-state index in [1.54, 1.807) is 43.3 Å². The van der Waals surface area contributed by atoms with Gasteiger partial charge in [-0.3, -0.25) is 0 Å². The molecule has 0 saturated heterocycles. The number of carboxylic acid groups (broad SMARTS) is 1. The maximum atomic E-state index is 13.0. The molecule has 1 amide bonds. The number of carboxylic acids is 1. The maximum Gasteiger partial charge on any atom is 0.410 e. The number of halogens is 1. The standard InChI is InChI=1S/C26H34FNO8/c1-3-34-24(25(29)30)18-20-6-10-23(11-7-20)35-15-13-28(26(31)36-17-16-32-2)12-14-33-19-21-4-8-22(27)9-5-21/h4-11,24H,3,12-19H2,1-2H3,(H,29,30). The first-order valence-corrected chi connectivity index (χ1v) is 11.7. The van der Waals surface area contributed by atoms with Crippen molar-refractivity contribution >= 4 is 12.1 Å². The summed E-state index contributed by atoms with van der Waals surface area (Å²) in [5, 5.41) is 9.23. The van der Waals surface area contributed by atoms with Gasteiger partial charge in [-0.15, -0.1) is 0 Å². The number of benzene rings is 2. The predicted octanol–water partition coefficient (Wildman–Crippen LogP) is 3.54. The normalized spacial score (nSPS) is 11.6. The first-order valence-electron chi connectivity index (χ1n) is 11.7. The minimum Gasteiger partial charge on any atom is -0.492 e. The molecule has 1 atom stereocenters. The van der Waals surface area contributed by atoms with Crippen molar-refractivity contribution in [2.45, 2.75) is 26.1 Å². The number of carbonyl (C=O) groups excluding carboxylic acids is 1. The number of amides is 1. The third kappa shape index (κ3) is 11.0. The summed E-state index contributed by atoms with van der Waals surface area (Å²) in [5.41, 5.74) is 1.64. The molecule has 2 aromatic rings. The molecule has 2 rings (SSSR count). The maximum absolute atomic E-state index is 13.0. The zero-order chi connectivity index (χ0) is 26.2. The van der Waals surface area contributed by atoms with Crippen molar-refractivity contribution in [2.75, 3.05) is 53.2 Å². The Kier molecular flexibility index (Phi) is 13.3. The van der Waals surface area contributed by atoms with E-state index in [9.17, 15) is 19.1 Å². The number of hydrogen-bond acceptors (Lipinski definition) is 7. The number of carbonyl (C=O) groups is 2. The first-order chi connectivity index (χ1) is 17.4. The minimum atomic E-state index is -1.00. The molecule has 0 heterocycles. The molecule has 10 heteroatoms. The quantitative estimate of drug-likeness (QED) is 0.324. The van der Waals surface area contributed by atoms with Crippen molar-refractivity contribution in [3.63, 3.8) is 0 Å². The number of rotatable bonds is 17. The van der Waals surface area contributed by atoms with E-state index in [1.165, 1.54) is 24.1 Å². The fraction of sp³-hybridized carbons (Fsp3) is 0.462. The fourth-order valence-corrected chi connectivity index (χ4v) is 3.17. The minimum absolute atomic E-state index is 0.129. The average Bonchev–Trinajstić information content (AvgIpc) is 2.87. The van der Waals surface area contributed by atoms with Crippen molar-refractivity contribution in [1.29, 1.82) is 0 Å². The van der Waals surface area contributed by atoms with Gasteiger partial charge in [0.1, 0.15) is 24.8 Å². The molecule has 0 aliphatic heterocycles. The summed E-state index contributed by atoms with van der Waals surface area (Å²) < 4.78 is 39.8. The Morgan fingerprint density at radius 2 is 1.61 bits per heavy atom. The number of ether oxygens (including phenoxy) is 5. The van der Waals surface area contributed by atoms with Gasteiger partial charge >= 0.3 is 12.1 Å². The molecular weight excluding hydrogens is 473 g/mol. The van der Waals surface area contributed by atoms with E-state index in [4.69, 9.17) is 23.7 Å². The highest BCUT2D eigenvalue weighted by Gasteiger charge is 2.18. The van der Waals surface area contributed by atoms with E-state index in [0.29, 0.717) is 19.0 Å². The van der Waals surface area contributed by atoms with Gasteiger partial charge in [-0.05, 0) is 42.3 Å². The molecule has 36 heavy (non-hydrogen) atoms. The van der Waals surface area contributed by atoms with Crippen LogP contribution < -0.4 is 4.74 Å². The van der Waals surface area contributed by atoms with Crippen LogP contribution in [0.1, 0.15) is 18.1 Å². The van der Waals surface area contributed by atoms with Gasteiger partial charge in [-0.25, -0.2) is 14.0 Å². The summed E-state index contributed by atoms with van der Waals surface area (Å²) in [4.78, 5) is 25.2. The molecule has 0 fully saturated rings. The molecule has 0 aliphatic rings. The van der Waals surface area contributed by atoms with Crippen molar-refractivity contribution in [2.24, 2.45) is 0 Å². The van der Waals surface area contributed by atoms with E-state index in [2.05, 4.69) is 0 Å². The van der Waals surface area contributed by atoms with Gasteiger partial charge in [0.15, 0.2) is 6.10 Å². The van der Waals surface area contributed by atoms with Crippen LogP contribution in [-0.2, 0) is 36.8 Å². The molecule has 0 radical (unpaired) electrons. The van der Waals surface area contributed by atoms with Crippen LogP contribution >= 0.6 is 0 Å². The third-order valence-corrected chi connectivity index (χ3v) is 5.08. The molecule has 0 spiro atoms. The van der Waals surface area contributed by atoms with Crippen molar-refractivity contribution in [1.82, 2.24) is 4.90 Å². The smallest absolute Gasteiger partial charge is 0.410 e. The first kappa shape index (κ1) is 29.0. The molecule has 0 aromatic heterocycles. The Morgan fingerprint density at radius 3 is 2.25 bits per heavy atom. The fourth-order valence-electron chi connectivity index (χ4n) is 3.17. The van der Waals surface area contributed by atoms with E-state index in [1.807, 2.05) is 0 Å². The molecular formula is C26H34FNO8. The van der Waals surface area contributed by atoms with Gasteiger partial charge in [0.05, 0.1) is 26.4 Å². The molecule has 0 bridgehead atoms. The van der Waals surface area contributed by atoms with Crippen molar-refractivity contribution in [3.05, 3.63) is 65.5 Å². The predicted molar refractivity (Wildman–Crippen MR) is 130 cm³/mol. The number of aliphatic carboxylic acids is 1. The lowest BCUT2D eigenvalue weighted by Crippen LogP contribution is -2.38. The highest BCUT2D eigenvalue weighted by molar-refractivity contribution is 5.72. The van der Waals surface area contributed by atoms with Crippen LogP contribution in [0.25, 0.3) is 0 Å². The van der Waals surface area contributed by atoms with Gasteiger partial charge in [0.25, 0.3) is 0 Å². The summed E-state index contributed by atoms with van der Waals surface area (Å²) in [6, 6.07) is 13.1. The van der Waals surface area contributed by atoms with Crippen LogP contribution in [0.15, 0.2) is 48.5 Å². The van der Waals surface area contributed by atoms with Gasteiger partial charge in [-0.1, -0.05) is 24.3 Å². The second-order valence-corrected chi connectivity index (χ2v) is 7.75. The van der Waals surface area contributed by atoms with Gasteiger partial charge in [-0.2, -0.15) is 0 Å². The lowest BCUT2D eigenvalue weighted by Gasteiger charge is -2.22. The zero-order valence-corrected chi connectivity index (χ0v) is 20.7. The van der Waals surface area contributed by atoms with Gasteiger partial charge in [0.2, 0.25) is 0 Å². The Hall–Kier alpha value is -3.21. The number of hydrogen-bond donors (Lipinski definition) is 1. The lowest BCUT2D eigenvalue weighted by atomic mass is 10.1. The average molecular weight is 508 g/mol. The number of methoxy groups -OCH3 is 1. The van der Waals surface area contributed by atoms with Crippen molar-refractivity contribution < 1.29 is 42.8 Å². The SMILES string of the molecule is CCOC(Cc1ccc(OCCN(CCOCc2ccc(F)cc2)C(=O)OCCOC)cc1)C(=O)O. The molecule has 9 nitrogen and oxygen atoms in total. The van der Waals surface area contributed by atoms with Crippen LogP contribution in [0.2, 0.25) is 0 Å². The summed E-state index contributed by atoms with van der Waals surface area (Å²) in [6.45, 7) is 3.80. The van der Waals surface area contributed by atoms with Gasteiger partial charge in [0, 0.05) is 26.7 Å². The largest absolute Gasteiger partial charge is 0.492 e. The van der Waals surface area contributed by atoms with Crippen LogP contribution in [0.4, 0.5) is 9.18 Å². The molecule has 1 N–H and O–H groups in total. The Bertz CT molecular complexity index is 907.